The number of halogens is 1. The SMILES string of the molecule is CC(C)(C)OC(=O)N1CCC(Nc2nc(NCc3ccc(-c4ccccn4)cc3)n3ncc(Br)c3n2)CC1. The number of fused-ring (bicyclic) bond motifs is 1. The second-order valence-corrected chi connectivity index (χ2v) is 11.1. The summed E-state index contributed by atoms with van der Waals surface area (Å²) >= 11 is 3.54. The first-order valence-electron chi connectivity index (χ1n) is 12.7. The van der Waals surface area contributed by atoms with E-state index in [1.54, 1.807) is 21.8 Å². The second-order valence-electron chi connectivity index (χ2n) is 10.3. The number of pyridine rings is 1. The molecule has 11 heteroatoms. The summed E-state index contributed by atoms with van der Waals surface area (Å²) in [7, 11) is 0. The van der Waals surface area contributed by atoms with Gasteiger partial charge in [0.15, 0.2) is 5.65 Å². The summed E-state index contributed by atoms with van der Waals surface area (Å²) < 4.78 is 7.97. The number of piperidine rings is 1. The van der Waals surface area contributed by atoms with Crippen LogP contribution < -0.4 is 10.6 Å². The predicted molar refractivity (Wildman–Crippen MR) is 150 cm³/mol. The molecule has 38 heavy (non-hydrogen) atoms. The van der Waals surface area contributed by atoms with Crippen LogP contribution in [-0.4, -0.2) is 60.3 Å². The zero-order valence-electron chi connectivity index (χ0n) is 21.7. The van der Waals surface area contributed by atoms with Crippen molar-refractivity contribution in [2.45, 2.75) is 51.8 Å². The highest BCUT2D eigenvalue weighted by Gasteiger charge is 2.27. The topological polar surface area (TPSA) is 110 Å². The molecule has 198 valence electrons. The fraction of sp³-hybridized carbons (Fsp3) is 0.370. The first kappa shape index (κ1) is 25.9. The number of carbonyl (C=O) groups is 1. The number of hydrogen-bond acceptors (Lipinski definition) is 8. The Bertz CT molecular complexity index is 1390. The smallest absolute Gasteiger partial charge is 0.410 e. The normalized spacial score (nSPS) is 14.5. The van der Waals surface area contributed by atoms with Crippen LogP contribution in [0, 0.1) is 0 Å². The zero-order valence-corrected chi connectivity index (χ0v) is 23.3. The van der Waals surface area contributed by atoms with Crippen LogP contribution in [-0.2, 0) is 11.3 Å². The fourth-order valence-electron chi connectivity index (χ4n) is 4.25. The molecule has 2 N–H and O–H groups in total. The van der Waals surface area contributed by atoms with Crippen LogP contribution in [0.4, 0.5) is 16.7 Å². The molecule has 1 aromatic carbocycles. The average molecular weight is 580 g/mol. The zero-order chi connectivity index (χ0) is 26.7. The Morgan fingerprint density at radius 2 is 1.87 bits per heavy atom. The standard InChI is InChI=1S/C27H31BrN8O2/c1-27(2,3)38-26(37)35-14-11-20(12-15-35)32-24-33-23-21(28)17-31-36(23)25(34-24)30-16-18-7-9-19(10-8-18)22-6-4-5-13-29-22/h4-10,13,17,20H,11-12,14-16H2,1-3H3,(H2,30,32,33,34). The molecule has 4 heterocycles. The van der Waals surface area contributed by atoms with Crippen molar-refractivity contribution in [2.24, 2.45) is 0 Å². The molecule has 0 radical (unpaired) electrons. The number of carbonyl (C=O) groups excluding carboxylic acids is 1. The Hall–Kier alpha value is -3.73. The lowest BCUT2D eigenvalue weighted by Gasteiger charge is -2.33. The Labute approximate surface area is 230 Å². The van der Waals surface area contributed by atoms with Gasteiger partial charge in [-0.2, -0.15) is 19.6 Å². The maximum Gasteiger partial charge on any atom is 0.410 e. The van der Waals surface area contributed by atoms with E-state index in [9.17, 15) is 4.79 Å². The van der Waals surface area contributed by atoms with E-state index >= 15 is 0 Å². The largest absolute Gasteiger partial charge is 0.444 e. The molecule has 0 unspecified atom stereocenters. The van der Waals surface area contributed by atoms with Crippen LogP contribution in [0.5, 0.6) is 0 Å². The predicted octanol–water partition coefficient (Wildman–Crippen LogP) is 5.37. The Morgan fingerprint density at radius 1 is 1.11 bits per heavy atom. The lowest BCUT2D eigenvalue weighted by Crippen LogP contribution is -2.44. The monoisotopic (exact) mass is 578 g/mol. The average Bonchev–Trinajstić information content (AvgIpc) is 3.28. The van der Waals surface area contributed by atoms with E-state index in [4.69, 9.17) is 9.72 Å². The Morgan fingerprint density at radius 3 is 2.55 bits per heavy atom. The van der Waals surface area contributed by atoms with Crippen LogP contribution in [0.25, 0.3) is 16.9 Å². The minimum absolute atomic E-state index is 0.143. The van der Waals surface area contributed by atoms with Crippen molar-refractivity contribution in [1.82, 2.24) is 29.5 Å². The van der Waals surface area contributed by atoms with Gasteiger partial charge in [-0.3, -0.25) is 4.98 Å². The van der Waals surface area contributed by atoms with E-state index in [1.165, 1.54) is 0 Å². The maximum atomic E-state index is 12.4. The molecule has 4 aromatic rings. The molecule has 3 aromatic heterocycles. The van der Waals surface area contributed by atoms with Crippen LogP contribution in [0.15, 0.2) is 59.3 Å². The fourth-order valence-corrected chi connectivity index (χ4v) is 4.60. The van der Waals surface area contributed by atoms with Crippen molar-refractivity contribution in [3.05, 3.63) is 64.9 Å². The molecule has 10 nitrogen and oxygen atoms in total. The number of hydrogen-bond donors (Lipinski definition) is 2. The second kappa shape index (κ2) is 10.9. The molecule has 1 aliphatic rings. The van der Waals surface area contributed by atoms with Crippen LogP contribution in [0.2, 0.25) is 0 Å². The van der Waals surface area contributed by atoms with Gasteiger partial charge in [0.05, 0.1) is 16.4 Å². The number of ether oxygens (including phenoxy) is 1. The van der Waals surface area contributed by atoms with E-state index in [2.05, 4.69) is 65.9 Å². The van der Waals surface area contributed by atoms with Gasteiger partial charge in [0.25, 0.3) is 0 Å². The third kappa shape index (κ3) is 6.21. The Balaban J connectivity index is 1.25. The molecule has 1 saturated heterocycles. The summed E-state index contributed by atoms with van der Waals surface area (Å²) in [6, 6.07) is 14.3. The van der Waals surface area contributed by atoms with Crippen molar-refractivity contribution >= 4 is 39.6 Å². The lowest BCUT2D eigenvalue weighted by atomic mass is 10.1. The van der Waals surface area contributed by atoms with Gasteiger partial charge in [-0.15, -0.1) is 0 Å². The first-order chi connectivity index (χ1) is 18.2. The lowest BCUT2D eigenvalue weighted by molar-refractivity contribution is 0.0210. The van der Waals surface area contributed by atoms with Crippen LogP contribution in [0.3, 0.4) is 0 Å². The van der Waals surface area contributed by atoms with Crippen molar-refractivity contribution in [1.29, 1.82) is 0 Å². The highest BCUT2D eigenvalue weighted by molar-refractivity contribution is 9.10. The van der Waals surface area contributed by atoms with E-state index in [-0.39, 0.29) is 12.1 Å². The number of aromatic nitrogens is 5. The molecular formula is C27H31BrN8O2. The van der Waals surface area contributed by atoms with E-state index < -0.39 is 5.60 Å². The van der Waals surface area contributed by atoms with Crippen molar-refractivity contribution < 1.29 is 9.53 Å². The highest BCUT2D eigenvalue weighted by atomic mass is 79.9. The molecule has 0 saturated carbocycles. The molecule has 0 bridgehead atoms. The first-order valence-corrected chi connectivity index (χ1v) is 13.4. The van der Waals surface area contributed by atoms with Gasteiger partial charge >= 0.3 is 6.09 Å². The number of benzene rings is 1. The number of amides is 1. The minimum atomic E-state index is -0.501. The van der Waals surface area contributed by atoms with E-state index in [1.807, 2.05) is 39.0 Å². The van der Waals surface area contributed by atoms with Crippen LogP contribution >= 0.6 is 15.9 Å². The Kier molecular flexibility index (Phi) is 7.46. The molecular weight excluding hydrogens is 548 g/mol. The highest BCUT2D eigenvalue weighted by Crippen LogP contribution is 2.23. The molecule has 1 amide bonds. The molecule has 0 atom stereocenters. The third-order valence-corrected chi connectivity index (χ3v) is 6.73. The minimum Gasteiger partial charge on any atom is -0.444 e. The summed E-state index contributed by atoms with van der Waals surface area (Å²) in [5.41, 5.74) is 3.28. The van der Waals surface area contributed by atoms with Gasteiger partial charge in [0.2, 0.25) is 11.9 Å². The molecule has 5 rings (SSSR count). The van der Waals surface area contributed by atoms with E-state index in [0.29, 0.717) is 37.2 Å². The van der Waals surface area contributed by atoms with Crippen molar-refractivity contribution in [2.75, 3.05) is 23.7 Å². The van der Waals surface area contributed by atoms with Crippen molar-refractivity contribution in [3.63, 3.8) is 0 Å². The summed E-state index contributed by atoms with van der Waals surface area (Å²) in [6.07, 6.45) is 4.79. The molecule has 0 spiro atoms. The number of nitrogens with one attached hydrogen (secondary N) is 2. The van der Waals surface area contributed by atoms with Gasteiger partial charge in [-0.1, -0.05) is 30.3 Å². The van der Waals surface area contributed by atoms with Gasteiger partial charge in [-0.25, -0.2) is 4.79 Å². The number of anilines is 2. The van der Waals surface area contributed by atoms with Crippen molar-refractivity contribution in [3.8, 4) is 11.3 Å². The van der Waals surface area contributed by atoms with Gasteiger partial charge in [-0.05, 0) is 67.2 Å². The van der Waals surface area contributed by atoms with Crippen LogP contribution in [0.1, 0.15) is 39.2 Å². The van der Waals surface area contributed by atoms with Gasteiger partial charge in [0, 0.05) is 37.4 Å². The summed E-state index contributed by atoms with van der Waals surface area (Å²) in [5.74, 6) is 1.10. The molecule has 1 aliphatic heterocycles. The number of likely N-dealkylation sites (tertiary alicyclic amines) is 1. The van der Waals surface area contributed by atoms with E-state index in [0.717, 1.165) is 34.1 Å². The number of rotatable bonds is 6. The quantitative estimate of drug-likeness (QED) is 0.314. The molecule has 0 aliphatic carbocycles. The summed E-state index contributed by atoms with van der Waals surface area (Å²) in [5, 5.41) is 11.3. The number of nitrogens with zero attached hydrogens (tertiary/aromatic N) is 6. The summed E-state index contributed by atoms with van der Waals surface area (Å²) in [6.45, 7) is 7.44. The van der Waals surface area contributed by atoms with Gasteiger partial charge < -0.3 is 20.3 Å². The van der Waals surface area contributed by atoms with Gasteiger partial charge in [0.1, 0.15) is 5.60 Å². The summed E-state index contributed by atoms with van der Waals surface area (Å²) in [4.78, 5) is 28.0. The third-order valence-electron chi connectivity index (χ3n) is 6.17. The molecule has 1 fully saturated rings. The maximum absolute atomic E-state index is 12.4.